The van der Waals surface area contributed by atoms with Crippen molar-refractivity contribution in [3.8, 4) is 0 Å². The van der Waals surface area contributed by atoms with Crippen molar-refractivity contribution in [3.05, 3.63) is 57.8 Å². The van der Waals surface area contributed by atoms with E-state index in [0.717, 1.165) is 6.54 Å². The molecule has 1 aromatic carbocycles. The normalized spacial score (nSPS) is 15.6. The van der Waals surface area contributed by atoms with Gasteiger partial charge >= 0.3 is 0 Å². The van der Waals surface area contributed by atoms with Crippen LogP contribution in [0.25, 0.3) is 0 Å². The molecule has 0 radical (unpaired) electrons. The molecule has 1 N–H and O–H groups in total. The van der Waals surface area contributed by atoms with Crippen LogP contribution in [0.3, 0.4) is 0 Å². The molecule has 2 rings (SSSR count). The number of aryl methyl sites for hydroxylation is 1. The van der Waals surface area contributed by atoms with Gasteiger partial charge in [-0.2, -0.15) is 0 Å². The lowest BCUT2D eigenvalue weighted by atomic mass is 9.79. The summed E-state index contributed by atoms with van der Waals surface area (Å²) in [5.41, 5.74) is 1.45. The third-order valence-electron chi connectivity index (χ3n) is 4.29. The lowest BCUT2D eigenvalue weighted by Crippen LogP contribution is -2.29. The topological polar surface area (TPSA) is 12.0 Å². The van der Waals surface area contributed by atoms with Crippen LogP contribution >= 0.6 is 11.3 Å². The van der Waals surface area contributed by atoms with Crippen LogP contribution in [-0.4, -0.2) is 6.54 Å². The lowest BCUT2D eigenvalue weighted by Gasteiger charge is -2.32. The fourth-order valence-corrected chi connectivity index (χ4v) is 4.02. The highest BCUT2D eigenvalue weighted by Gasteiger charge is 2.29. The molecule has 1 nitrogen and oxygen atoms in total. The van der Waals surface area contributed by atoms with Crippen LogP contribution in [0.1, 0.15) is 54.5 Å². The molecule has 3 unspecified atom stereocenters. The first-order valence-electron chi connectivity index (χ1n) is 8.02. The molecule has 0 saturated heterocycles. The maximum atomic E-state index is 3.74. The molecule has 0 aliphatic carbocycles. The Kier molecular flexibility index (Phi) is 6.01. The SMILES string of the molecule is CCNC(c1ccc(C)s1)C(c1ccccc1)C(C)CC. The summed E-state index contributed by atoms with van der Waals surface area (Å²) in [6.45, 7) is 10.1. The second-order valence-electron chi connectivity index (χ2n) is 5.81. The number of benzene rings is 1. The standard InChI is InChI=1S/C19H27NS/c1-5-14(3)18(16-10-8-7-9-11-16)19(20-6-2)17-13-12-15(4)21-17/h7-14,18-20H,5-6H2,1-4H3. The number of thiophene rings is 1. The van der Waals surface area contributed by atoms with Gasteiger partial charge in [0.25, 0.3) is 0 Å². The van der Waals surface area contributed by atoms with E-state index in [9.17, 15) is 0 Å². The smallest absolute Gasteiger partial charge is 0.0486 e. The largest absolute Gasteiger partial charge is 0.309 e. The van der Waals surface area contributed by atoms with Crippen LogP contribution in [-0.2, 0) is 0 Å². The molecular weight excluding hydrogens is 274 g/mol. The Hall–Kier alpha value is -1.12. The highest BCUT2D eigenvalue weighted by molar-refractivity contribution is 7.12. The first-order chi connectivity index (χ1) is 10.2. The summed E-state index contributed by atoms with van der Waals surface area (Å²) >= 11 is 1.92. The molecule has 2 aromatic rings. The predicted molar refractivity (Wildman–Crippen MR) is 94.1 cm³/mol. The van der Waals surface area contributed by atoms with Crippen molar-refractivity contribution in [3.63, 3.8) is 0 Å². The van der Waals surface area contributed by atoms with Gasteiger partial charge in [0, 0.05) is 21.7 Å². The average Bonchev–Trinajstić information content (AvgIpc) is 2.94. The Balaban J connectivity index is 2.40. The van der Waals surface area contributed by atoms with Gasteiger partial charge in [-0.15, -0.1) is 11.3 Å². The van der Waals surface area contributed by atoms with Gasteiger partial charge in [0.05, 0.1) is 0 Å². The second-order valence-corrected chi connectivity index (χ2v) is 7.13. The minimum Gasteiger partial charge on any atom is -0.309 e. The third-order valence-corrected chi connectivity index (χ3v) is 5.38. The second kappa shape index (κ2) is 7.77. The molecule has 2 heteroatoms. The van der Waals surface area contributed by atoms with E-state index in [0.29, 0.717) is 17.9 Å². The van der Waals surface area contributed by atoms with Crippen LogP contribution < -0.4 is 5.32 Å². The molecule has 0 aliphatic rings. The first kappa shape index (κ1) is 16.3. The Bertz CT molecular complexity index is 532. The molecule has 1 heterocycles. The van der Waals surface area contributed by atoms with Gasteiger partial charge in [-0.05, 0) is 37.1 Å². The summed E-state index contributed by atoms with van der Waals surface area (Å²) < 4.78 is 0. The Labute approximate surface area is 133 Å². The molecule has 0 saturated carbocycles. The van der Waals surface area contributed by atoms with E-state index in [4.69, 9.17) is 0 Å². The highest BCUT2D eigenvalue weighted by atomic mass is 32.1. The Morgan fingerprint density at radius 2 is 1.76 bits per heavy atom. The van der Waals surface area contributed by atoms with Crippen molar-refractivity contribution >= 4 is 11.3 Å². The van der Waals surface area contributed by atoms with E-state index < -0.39 is 0 Å². The molecule has 3 atom stereocenters. The Morgan fingerprint density at radius 1 is 1.05 bits per heavy atom. The monoisotopic (exact) mass is 301 g/mol. The summed E-state index contributed by atoms with van der Waals surface area (Å²) in [5, 5.41) is 3.74. The molecule has 0 amide bonds. The van der Waals surface area contributed by atoms with Crippen molar-refractivity contribution in [2.24, 2.45) is 5.92 Å². The molecular formula is C19H27NS. The summed E-state index contributed by atoms with van der Waals surface area (Å²) in [7, 11) is 0. The van der Waals surface area contributed by atoms with Crippen molar-refractivity contribution in [1.82, 2.24) is 5.32 Å². The molecule has 21 heavy (non-hydrogen) atoms. The molecule has 1 aromatic heterocycles. The van der Waals surface area contributed by atoms with Crippen LogP contribution in [0, 0.1) is 12.8 Å². The zero-order chi connectivity index (χ0) is 15.2. The van der Waals surface area contributed by atoms with Crippen molar-refractivity contribution in [2.75, 3.05) is 6.54 Å². The van der Waals surface area contributed by atoms with Gasteiger partial charge in [0.15, 0.2) is 0 Å². The predicted octanol–water partition coefficient (Wildman–Crippen LogP) is 5.54. The zero-order valence-corrected chi connectivity index (χ0v) is 14.4. The van der Waals surface area contributed by atoms with Crippen LogP contribution in [0.4, 0.5) is 0 Å². The van der Waals surface area contributed by atoms with Crippen LogP contribution in [0.5, 0.6) is 0 Å². The molecule has 0 spiro atoms. The number of rotatable bonds is 7. The fraction of sp³-hybridized carbons (Fsp3) is 0.474. The summed E-state index contributed by atoms with van der Waals surface area (Å²) in [5.74, 6) is 1.17. The average molecular weight is 301 g/mol. The van der Waals surface area contributed by atoms with Gasteiger partial charge in [-0.3, -0.25) is 0 Å². The minimum atomic E-state index is 0.408. The fourth-order valence-electron chi connectivity index (χ4n) is 3.02. The van der Waals surface area contributed by atoms with E-state index in [-0.39, 0.29) is 0 Å². The molecule has 0 bridgehead atoms. The lowest BCUT2D eigenvalue weighted by molar-refractivity contribution is 0.347. The summed E-state index contributed by atoms with van der Waals surface area (Å²) in [6.07, 6.45) is 1.20. The van der Waals surface area contributed by atoms with Crippen molar-refractivity contribution < 1.29 is 0 Å². The molecule has 114 valence electrons. The van der Waals surface area contributed by atoms with Gasteiger partial charge in [-0.25, -0.2) is 0 Å². The van der Waals surface area contributed by atoms with E-state index in [1.807, 2.05) is 11.3 Å². The van der Waals surface area contributed by atoms with Gasteiger partial charge in [0.1, 0.15) is 0 Å². The number of hydrogen-bond acceptors (Lipinski definition) is 2. The van der Waals surface area contributed by atoms with Crippen LogP contribution in [0.15, 0.2) is 42.5 Å². The maximum absolute atomic E-state index is 3.74. The maximum Gasteiger partial charge on any atom is 0.0486 e. The van der Waals surface area contributed by atoms with Gasteiger partial charge in [0.2, 0.25) is 0 Å². The minimum absolute atomic E-state index is 0.408. The van der Waals surface area contributed by atoms with E-state index in [1.165, 1.54) is 21.7 Å². The molecule has 0 aliphatic heterocycles. The zero-order valence-electron chi connectivity index (χ0n) is 13.6. The van der Waals surface area contributed by atoms with E-state index in [1.54, 1.807) is 0 Å². The number of nitrogens with one attached hydrogen (secondary N) is 1. The van der Waals surface area contributed by atoms with Gasteiger partial charge < -0.3 is 5.32 Å². The van der Waals surface area contributed by atoms with E-state index >= 15 is 0 Å². The van der Waals surface area contributed by atoms with Crippen LogP contribution in [0.2, 0.25) is 0 Å². The quantitative estimate of drug-likeness (QED) is 0.708. The number of likely N-dealkylation sites (N-methyl/N-ethyl adjacent to an activating group) is 1. The first-order valence-corrected chi connectivity index (χ1v) is 8.83. The van der Waals surface area contributed by atoms with Crippen molar-refractivity contribution in [2.45, 2.75) is 46.1 Å². The molecule has 0 fully saturated rings. The summed E-state index contributed by atoms with van der Waals surface area (Å²) in [6, 6.07) is 15.9. The highest BCUT2D eigenvalue weighted by Crippen LogP contribution is 2.40. The van der Waals surface area contributed by atoms with E-state index in [2.05, 4.69) is 75.5 Å². The van der Waals surface area contributed by atoms with Gasteiger partial charge in [-0.1, -0.05) is 57.5 Å². The Morgan fingerprint density at radius 3 is 2.29 bits per heavy atom. The van der Waals surface area contributed by atoms with Crippen molar-refractivity contribution in [1.29, 1.82) is 0 Å². The number of hydrogen-bond donors (Lipinski definition) is 1. The third kappa shape index (κ3) is 3.96. The summed E-state index contributed by atoms with van der Waals surface area (Å²) in [4.78, 5) is 2.85.